The van der Waals surface area contributed by atoms with Gasteiger partial charge in [0.25, 0.3) is 6.43 Å². The van der Waals surface area contributed by atoms with Gasteiger partial charge in [-0.25, -0.2) is 13.2 Å². The molecule has 102 valence electrons. The van der Waals surface area contributed by atoms with Crippen LogP contribution >= 0.6 is 0 Å². The lowest BCUT2D eigenvalue weighted by Crippen LogP contribution is -2.25. The summed E-state index contributed by atoms with van der Waals surface area (Å²) in [6.45, 7) is 3.04. The fourth-order valence-corrected chi connectivity index (χ4v) is 1.68. The van der Waals surface area contributed by atoms with Crippen LogP contribution in [0.4, 0.5) is 18.9 Å². The van der Waals surface area contributed by atoms with Crippen LogP contribution in [0.25, 0.3) is 0 Å². The summed E-state index contributed by atoms with van der Waals surface area (Å²) in [5, 5.41) is 3.16. The summed E-state index contributed by atoms with van der Waals surface area (Å²) in [6.07, 6.45) is -1.46. The van der Waals surface area contributed by atoms with Crippen LogP contribution in [0.2, 0.25) is 0 Å². The lowest BCUT2D eigenvalue weighted by atomic mass is 10.2. The Morgan fingerprint density at radius 3 is 2.61 bits per heavy atom. The van der Waals surface area contributed by atoms with Gasteiger partial charge in [0.2, 0.25) is 0 Å². The molecule has 0 unspecified atom stereocenters. The second-order valence-corrected chi connectivity index (χ2v) is 4.23. The minimum atomic E-state index is -2.47. The van der Waals surface area contributed by atoms with Gasteiger partial charge in [-0.05, 0) is 30.7 Å². The molecule has 1 aromatic carbocycles. The zero-order valence-corrected chi connectivity index (χ0v) is 10.7. The zero-order chi connectivity index (χ0) is 13.5. The van der Waals surface area contributed by atoms with Crippen molar-refractivity contribution in [1.82, 2.24) is 5.32 Å². The van der Waals surface area contributed by atoms with E-state index in [9.17, 15) is 13.2 Å². The second kappa shape index (κ2) is 7.26. The summed E-state index contributed by atoms with van der Waals surface area (Å²) in [5.41, 5.74) is 1.02. The van der Waals surface area contributed by atoms with Crippen molar-refractivity contribution in [3.63, 3.8) is 0 Å². The van der Waals surface area contributed by atoms with Gasteiger partial charge >= 0.3 is 0 Å². The van der Waals surface area contributed by atoms with E-state index in [4.69, 9.17) is 0 Å². The Morgan fingerprint density at radius 1 is 1.33 bits per heavy atom. The topological polar surface area (TPSA) is 15.3 Å². The largest absolute Gasteiger partial charge is 0.367 e. The molecule has 2 nitrogen and oxygen atoms in total. The quantitative estimate of drug-likeness (QED) is 0.758. The highest BCUT2D eigenvalue weighted by Crippen LogP contribution is 2.20. The molecule has 1 N–H and O–H groups in total. The van der Waals surface area contributed by atoms with Gasteiger partial charge in [0.15, 0.2) is 0 Å². The fraction of sp³-hybridized carbons (Fsp3) is 0.538. The molecule has 0 aliphatic carbocycles. The maximum atomic E-state index is 13.7. The van der Waals surface area contributed by atoms with Gasteiger partial charge in [-0.2, -0.15) is 0 Å². The van der Waals surface area contributed by atoms with Crippen molar-refractivity contribution in [2.24, 2.45) is 0 Å². The number of anilines is 1. The maximum Gasteiger partial charge on any atom is 0.255 e. The molecular formula is C13H19F3N2. The Bertz CT molecular complexity index is 369. The number of alkyl halides is 2. The highest BCUT2D eigenvalue weighted by atomic mass is 19.3. The predicted molar refractivity (Wildman–Crippen MR) is 67.7 cm³/mol. The fourth-order valence-electron chi connectivity index (χ4n) is 1.68. The molecule has 0 amide bonds. The Balaban J connectivity index is 2.67. The van der Waals surface area contributed by atoms with Crippen molar-refractivity contribution >= 4 is 5.69 Å². The summed E-state index contributed by atoms with van der Waals surface area (Å²) < 4.78 is 38.2. The van der Waals surface area contributed by atoms with Crippen LogP contribution in [0.15, 0.2) is 18.2 Å². The van der Waals surface area contributed by atoms with Gasteiger partial charge in [0.05, 0.1) is 12.2 Å². The van der Waals surface area contributed by atoms with Gasteiger partial charge in [0.1, 0.15) is 5.82 Å². The Morgan fingerprint density at radius 2 is 2.06 bits per heavy atom. The SMILES string of the molecule is CCCNCc1ccc(N(C)CC(F)F)c(F)c1. The molecule has 0 saturated carbocycles. The molecule has 0 aromatic heterocycles. The molecular weight excluding hydrogens is 241 g/mol. The molecule has 0 radical (unpaired) electrons. The Kier molecular flexibility index (Phi) is 5.98. The van der Waals surface area contributed by atoms with Crippen LogP contribution in [0.3, 0.4) is 0 Å². The molecule has 1 rings (SSSR count). The Hall–Kier alpha value is -1.23. The van der Waals surface area contributed by atoms with Gasteiger partial charge in [-0.3, -0.25) is 0 Å². The monoisotopic (exact) mass is 260 g/mol. The molecule has 1 aromatic rings. The lowest BCUT2D eigenvalue weighted by Gasteiger charge is -2.19. The molecule has 5 heteroatoms. The van der Waals surface area contributed by atoms with Crippen molar-refractivity contribution in [3.8, 4) is 0 Å². The van der Waals surface area contributed by atoms with E-state index >= 15 is 0 Å². The van der Waals surface area contributed by atoms with Crippen LogP contribution in [-0.4, -0.2) is 26.6 Å². The average Bonchev–Trinajstić information content (AvgIpc) is 2.28. The highest BCUT2D eigenvalue weighted by molar-refractivity contribution is 5.48. The summed E-state index contributed by atoms with van der Waals surface area (Å²) >= 11 is 0. The predicted octanol–water partition coefficient (Wildman–Crippen LogP) is 3.03. The lowest BCUT2D eigenvalue weighted by molar-refractivity contribution is 0.156. The molecule has 0 heterocycles. The highest BCUT2D eigenvalue weighted by Gasteiger charge is 2.12. The first-order valence-corrected chi connectivity index (χ1v) is 6.03. The van der Waals surface area contributed by atoms with Crippen LogP contribution in [0.1, 0.15) is 18.9 Å². The molecule has 0 saturated heterocycles. The van der Waals surface area contributed by atoms with Gasteiger partial charge < -0.3 is 10.2 Å². The average molecular weight is 260 g/mol. The van der Waals surface area contributed by atoms with Crippen LogP contribution in [0.5, 0.6) is 0 Å². The van der Waals surface area contributed by atoms with Crippen LogP contribution < -0.4 is 10.2 Å². The molecule has 0 atom stereocenters. The van der Waals surface area contributed by atoms with E-state index in [2.05, 4.69) is 12.2 Å². The van der Waals surface area contributed by atoms with E-state index in [0.29, 0.717) is 6.54 Å². The van der Waals surface area contributed by atoms with Crippen molar-refractivity contribution in [2.45, 2.75) is 26.3 Å². The molecule has 0 fully saturated rings. The van der Waals surface area contributed by atoms with E-state index in [1.165, 1.54) is 18.0 Å². The Labute approximate surface area is 106 Å². The second-order valence-electron chi connectivity index (χ2n) is 4.23. The number of halogens is 3. The summed E-state index contributed by atoms with van der Waals surface area (Å²) in [6, 6.07) is 4.68. The van der Waals surface area contributed by atoms with E-state index in [1.54, 1.807) is 12.1 Å². The number of rotatable bonds is 7. The van der Waals surface area contributed by atoms with Crippen LogP contribution in [0, 0.1) is 5.82 Å². The summed E-state index contributed by atoms with van der Waals surface area (Å²) in [7, 11) is 1.46. The van der Waals surface area contributed by atoms with Crippen molar-refractivity contribution in [2.75, 3.05) is 25.0 Å². The third kappa shape index (κ3) is 4.56. The van der Waals surface area contributed by atoms with E-state index in [1.807, 2.05) is 0 Å². The normalized spacial score (nSPS) is 11.0. The van der Waals surface area contributed by atoms with Gasteiger partial charge in [0, 0.05) is 13.6 Å². The first-order valence-electron chi connectivity index (χ1n) is 6.03. The van der Waals surface area contributed by atoms with Crippen molar-refractivity contribution in [3.05, 3.63) is 29.6 Å². The summed E-state index contributed by atoms with van der Waals surface area (Å²) in [5.74, 6) is -0.464. The minimum absolute atomic E-state index is 0.203. The number of hydrogen-bond acceptors (Lipinski definition) is 2. The van der Waals surface area contributed by atoms with E-state index < -0.39 is 18.8 Å². The third-order valence-corrected chi connectivity index (χ3v) is 2.59. The van der Waals surface area contributed by atoms with Gasteiger partial charge in [-0.1, -0.05) is 13.0 Å². The van der Waals surface area contributed by atoms with E-state index in [-0.39, 0.29) is 5.69 Å². The number of hydrogen-bond donors (Lipinski definition) is 1. The number of nitrogens with one attached hydrogen (secondary N) is 1. The first-order chi connectivity index (χ1) is 8.54. The maximum absolute atomic E-state index is 13.7. The molecule has 0 aliphatic rings. The van der Waals surface area contributed by atoms with Crippen LogP contribution in [-0.2, 0) is 6.54 Å². The van der Waals surface area contributed by atoms with E-state index in [0.717, 1.165) is 18.5 Å². The standard InChI is InChI=1S/C13H19F3N2/c1-3-6-17-8-10-4-5-12(11(14)7-10)18(2)9-13(15)16/h4-5,7,13,17H,3,6,8-9H2,1-2H3. The number of benzene rings is 1. The number of nitrogens with zero attached hydrogens (tertiary/aromatic N) is 1. The molecule has 0 aliphatic heterocycles. The van der Waals surface area contributed by atoms with Gasteiger partial charge in [-0.15, -0.1) is 0 Å². The summed E-state index contributed by atoms with van der Waals surface area (Å²) in [4.78, 5) is 1.23. The van der Waals surface area contributed by atoms with Crippen molar-refractivity contribution < 1.29 is 13.2 Å². The smallest absolute Gasteiger partial charge is 0.255 e. The minimum Gasteiger partial charge on any atom is -0.367 e. The molecule has 0 spiro atoms. The molecule has 18 heavy (non-hydrogen) atoms. The zero-order valence-electron chi connectivity index (χ0n) is 10.7. The van der Waals surface area contributed by atoms with Crippen molar-refractivity contribution in [1.29, 1.82) is 0 Å². The first kappa shape index (κ1) is 14.8. The molecule has 0 bridgehead atoms. The third-order valence-electron chi connectivity index (χ3n) is 2.59.